The number of unbranched alkanes of at least 4 members (excludes halogenated alkanes) is 1. The van der Waals surface area contributed by atoms with Gasteiger partial charge in [-0.15, -0.1) is 12.4 Å². The van der Waals surface area contributed by atoms with Crippen LogP contribution in [0.15, 0.2) is 24.3 Å². The molecule has 1 aliphatic rings. The van der Waals surface area contributed by atoms with E-state index in [1.165, 1.54) is 26.1 Å². The Labute approximate surface area is 128 Å². The Hall–Kier alpha value is -0.970. The van der Waals surface area contributed by atoms with Crippen molar-refractivity contribution in [3.05, 3.63) is 24.3 Å². The summed E-state index contributed by atoms with van der Waals surface area (Å²) in [6.45, 7) is 6.65. The first-order chi connectivity index (χ1) is 9.38. The van der Waals surface area contributed by atoms with Gasteiger partial charge < -0.3 is 20.3 Å². The van der Waals surface area contributed by atoms with Crippen molar-refractivity contribution in [1.82, 2.24) is 10.2 Å². The maximum absolute atomic E-state index is 5.74. The molecule has 0 aliphatic carbocycles. The topological polar surface area (TPSA) is 36.5 Å². The Bertz CT molecular complexity index is 353. The summed E-state index contributed by atoms with van der Waals surface area (Å²) in [6.07, 6.45) is 2.34. The van der Waals surface area contributed by atoms with Crippen LogP contribution in [0.25, 0.3) is 0 Å². The fourth-order valence-electron chi connectivity index (χ4n) is 2.28. The summed E-state index contributed by atoms with van der Waals surface area (Å²) in [4.78, 5) is 2.53. The Balaban J connectivity index is 0.00000200. The average molecular weight is 300 g/mol. The monoisotopic (exact) mass is 299 g/mol. The van der Waals surface area contributed by atoms with Crippen LogP contribution < -0.4 is 15.4 Å². The van der Waals surface area contributed by atoms with Crippen LogP contribution in [0.3, 0.4) is 0 Å². The molecule has 1 aromatic carbocycles. The van der Waals surface area contributed by atoms with Crippen LogP contribution in [0.1, 0.15) is 12.8 Å². The largest absolute Gasteiger partial charge is 0.494 e. The molecule has 0 unspecified atom stereocenters. The van der Waals surface area contributed by atoms with Crippen molar-refractivity contribution in [2.45, 2.75) is 12.8 Å². The summed E-state index contributed by atoms with van der Waals surface area (Å²) < 4.78 is 5.74. The lowest BCUT2D eigenvalue weighted by atomic mass is 10.2. The van der Waals surface area contributed by atoms with Gasteiger partial charge in [-0.1, -0.05) is 0 Å². The minimum Gasteiger partial charge on any atom is -0.494 e. The second-order valence-corrected chi connectivity index (χ2v) is 4.92. The minimum atomic E-state index is 0. The summed E-state index contributed by atoms with van der Waals surface area (Å²) in [6, 6.07) is 8.11. The number of anilines is 1. The Kier molecular flexibility index (Phi) is 8.42. The Morgan fingerprint density at radius 3 is 2.50 bits per heavy atom. The van der Waals surface area contributed by atoms with Gasteiger partial charge in [0.25, 0.3) is 0 Å². The summed E-state index contributed by atoms with van der Waals surface area (Å²) in [5, 5.41) is 6.48. The van der Waals surface area contributed by atoms with Gasteiger partial charge in [-0.25, -0.2) is 0 Å². The van der Waals surface area contributed by atoms with E-state index >= 15 is 0 Å². The highest BCUT2D eigenvalue weighted by Crippen LogP contribution is 2.15. The fraction of sp³-hybridized carbons (Fsp3) is 0.600. The highest BCUT2D eigenvalue weighted by Gasteiger charge is 2.08. The number of halogens is 1. The molecule has 20 heavy (non-hydrogen) atoms. The van der Waals surface area contributed by atoms with Crippen molar-refractivity contribution >= 4 is 18.1 Å². The quantitative estimate of drug-likeness (QED) is 0.757. The number of hydrogen-bond donors (Lipinski definition) is 2. The molecule has 0 saturated carbocycles. The summed E-state index contributed by atoms with van der Waals surface area (Å²) in [7, 11) is 1.92. The fourth-order valence-corrected chi connectivity index (χ4v) is 2.28. The standard InChI is InChI=1S/C15H25N3O.ClH/c1-16-14-4-6-15(7-5-14)19-13-3-2-10-18-11-8-17-9-12-18;/h4-7,16-17H,2-3,8-13H2,1H3;1H. The van der Waals surface area contributed by atoms with Crippen LogP contribution in [-0.2, 0) is 0 Å². The van der Waals surface area contributed by atoms with Crippen molar-refractivity contribution in [2.24, 2.45) is 0 Å². The smallest absolute Gasteiger partial charge is 0.119 e. The van der Waals surface area contributed by atoms with Gasteiger partial charge in [-0.05, 0) is 43.7 Å². The minimum absolute atomic E-state index is 0. The molecule has 2 N–H and O–H groups in total. The molecule has 0 amide bonds. The first kappa shape index (κ1) is 17.1. The number of benzene rings is 1. The average Bonchev–Trinajstić information content (AvgIpc) is 2.49. The van der Waals surface area contributed by atoms with E-state index in [1.807, 2.05) is 31.3 Å². The third-order valence-electron chi connectivity index (χ3n) is 3.49. The van der Waals surface area contributed by atoms with Crippen LogP contribution in [0.2, 0.25) is 0 Å². The number of rotatable bonds is 7. The SMILES string of the molecule is CNc1ccc(OCCCCN2CCNCC2)cc1.Cl. The highest BCUT2D eigenvalue weighted by atomic mass is 35.5. The third kappa shape index (κ3) is 5.99. The lowest BCUT2D eigenvalue weighted by Gasteiger charge is -2.26. The van der Waals surface area contributed by atoms with Gasteiger partial charge in [0.05, 0.1) is 6.61 Å². The second-order valence-electron chi connectivity index (χ2n) is 4.92. The van der Waals surface area contributed by atoms with E-state index < -0.39 is 0 Å². The predicted molar refractivity (Wildman–Crippen MR) is 87.3 cm³/mol. The van der Waals surface area contributed by atoms with Gasteiger partial charge in [0, 0.05) is 38.9 Å². The Morgan fingerprint density at radius 1 is 1.15 bits per heavy atom. The highest BCUT2D eigenvalue weighted by molar-refractivity contribution is 5.85. The molecule has 0 bridgehead atoms. The molecule has 114 valence electrons. The lowest BCUT2D eigenvalue weighted by Crippen LogP contribution is -2.43. The zero-order valence-electron chi connectivity index (χ0n) is 12.2. The first-order valence-electron chi connectivity index (χ1n) is 7.22. The molecule has 1 aliphatic heterocycles. The van der Waals surface area contributed by atoms with Crippen molar-refractivity contribution in [2.75, 3.05) is 51.7 Å². The van der Waals surface area contributed by atoms with Crippen molar-refractivity contribution < 1.29 is 4.74 Å². The predicted octanol–water partition coefficient (Wildman–Crippen LogP) is 2.21. The van der Waals surface area contributed by atoms with E-state index in [-0.39, 0.29) is 12.4 Å². The third-order valence-corrected chi connectivity index (χ3v) is 3.49. The molecule has 1 aromatic rings. The zero-order chi connectivity index (χ0) is 13.3. The van der Waals surface area contributed by atoms with Crippen molar-refractivity contribution in [3.63, 3.8) is 0 Å². The van der Waals surface area contributed by atoms with E-state index in [0.717, 1.165) is 37.6 Å². The number of ether oxygens (including phenoxy) is 1. The molecular weight excluding hydrogens is 274 g/mol. The van der Waals surface area contributed by atoms with Crippen LogP contribution in [0.4, 0.5) is 5.69 Å². The van der Waals surface area contributed by atoms with E-state index in [4.69, 9.17) is 4.74 Å². The van der Waals surface area contributed by atoms with Gasteiger partial charge in [0.1, 0.15) is 5.75 Å². The number of nitrogens with one attached hydrogen (secondary N) is 2. The van der Waals surface area contributed by atoms with Gasteiger partial charge >= 0.3 is 0 Å². The number of nitrogens with zero attached hydrogens (tertiary/aromatic N) is 1. The molecule has 5 heteroatoms. The molecule has 1 heterocycles. The van der Waals surface area contributed by atoms with Crippen LogP contribution in [-0.4, -0.2) is 51.3 Å². The lowest BCUT2D eigenvalue weighted by molar-refractivity contribution is 0.226. The molecule has 1 fully saturated rings. The maximum Gasteiger partial charge on any atom is 0.119 e. The van der Waals surface area contributed by atoms with Gasteiger partial charge in [0.15, 0.2) is 0 Å². The summed E-state index contributed by atoms with van der Waals surface area (Å²) in [5.74, 6) is 0.959. The van der Waals surface area contributed by atoms with E-state index in [1.54, 1.807) is 0 Å². The molecule has 0 radical (unpaired) electrons. The van der Waals surface area contributed by atoms with Crippen LogP contribution in [0.5, 0.6) is 5.75 Å². The zero-order valence-corrected chi connectivity index (χ0v) is 13.0. The summed E-state index contributed by atoms with van der Waals surface area (Å²) >= 11 is 0. The molecule has 0 spiro atoms. The molecular formula is C15H26ClN3O. The van der Waals surface area contributed by atoms with Crippen LogP contribution >= 0.6 is 12.4 Å². The van der Waals surface area contributed by atoms with Gasteiger partial charge in [-0.3, -0.25) is 0 Å². The Morgan fingerprint density at radius 2 is 1.85 bits per heavy atom. The van der Waals surface area contributed by atoms with Gasteiger partial charge in [-0.2, -0.15) is 0 Å². The maximum atomic E-state index is 5.74. The second kappa shape index (κ2) is 9.86. The molecule has 1 saturated heterocycles. The van der Waals surface area contributed by atoms with Gasteiger partial charge in [0.2, 0.25) is 0 Å². The molecule has 4 nitrogen and oxygen atoms in total. The first-order valence-corrected chi connectivity index (χ1v) is 7.22. The molecule has 0 atom stereocenters. The van der Waals surface area contributed by atoms with Crippen LogP contribution in [0, 0.1) is 0 Å². The number of hydrogen-bond acceptors (Lipinski definition) is 4. The van der Waals surface area contributed by atoms with E-state index in [2.05, 4.69) is 15.5 Å². The molecule has 2 rings (SSSR count). The van der Waals surface area contributed by atoms with E-state index in [9.17, 15) is 0 Å². The van der Waals surface area contributed by atoms with Crippen molar-refractivity contribution in [1.29, 1.82) is 0 Å². The van der Waals surface area contributed by atoms with Crippen molar-refractivity contribution in [3.8, 4) is 5.75 Å². The normalized spacial score (nSPS) is 15.4. The van der Waals surface area contributed by atoms with E-state index in [0.29, 0.717) is 0 Å². The summed E-state index contributed by atoms with van der Waals surface area (Å²) in [5.41, 5.74) is 1.12. The molecule has 0 aromatic heterocycles. The number of piperazine rings is 1.